The van der Waals surface area contributed by atoms with Gasteiger partial charge in [0.1, 0.15) is 0 Å². The summed E-state index contributed by atoms with van der Waals surface area (Å²) >= 11 is 0. The van der Waals surface area contributed by atoms with E-state index < -0.39 is 12.1 Å². The maximum atomic E-state index is 12.6. The summed E-state index contributed by atoms with van der Waals surface area (Å²) in [4.78, 5) is 0. The maximum Gasteiger partial charge on any atom is 0.391 e. The number of hydrogen-bond acceptors (Lipinski definition) is 1. The highest BCUT2D eigenvalue weighted by atomic mass is 19.4. The molecule has 0 aliphatic heterocycles. The van der Waals surface area contributed by atoms with Crippen molar-refractivity contribution in [3.05, 3.63) is 0 Å². The first-order valence-electron chi connectivity index (χ1n) is 6.78. The second-order valence-electron chi connectivity index (χ2n) is 5.85. The molecule has 2 saturated carbocycles. The Balaban J connectivity index is 1.76. The molecular weight excluding hydrogens is 227 g/mol. The third-order valence-electron chi connectivity index (χ3n) is 4.04. The molecule has 0 aromatic rings. The van der Waals surface area contributed by atoms with E-state index in [4.69, 9.17) is 0 Å². The number of alkyl halides is 3. The van der Waals surface area contributed by atoms with E-state index in [0.717, 1.165) is 18.8 Å². The summed E-state index contributed by atoms with van der Waals surface area (Å²) in [5, 5.41) is 3.39. The smallest absolute Gasteiger partial charge is 0.311 e. The zero-order valence-corrected chi connectivity index (χ0v) is 10.4. The number of rotatable bonds is 4. The predicted molar refractivity (Wildman–Crippen MR) is 61.7 cm³/mol. The monoisotopic (exact) mass is 249 g/mol. The average Bonchev–Trinajstić information content (AvgIpc) is 3.00. The maximum absolute atomic E-state index is 12.6. The van der Waals surface area contributed by atoms with Crippen molar-refractivity contribution in [3.63, 3.8) is 0 Å². The Morgan fingerprint density at radius 1 is 1.18 bits per heavy atom. The minimum atomic E-state index is -4.00. The molecule has 4 heteroatoms. The molecule has 3 unspecified atom stereocenters. The number of hydrogen-bond donors (Lipinski definition) is 1. The first-order chi connectivity index (χ1) is 7.95. The lowest BCUT2D eigenvalue weighted by atomic mass is 9.85. The van der Waals surface area contributed by atoms with Crippen LogP contribution in [-0.4, -0.2) is 18.3 Å². The van der Waals surface area contributed by atoms with Crippen LogP contribution in [0.25, 0.3) is 0 Å². The van der Waals surface area contributed by atoms with Crippen molar-refractivity contribution in [1.82, 2.24) is 5.32 Å². The molecule has 2 rings (SSSR count). The van der Waals surface area contributed by atoms with Gasteiger partial charge in [-0.3, -0.25) is 0 Å². The Morgan fingerprint density at radius 3 is 2.47 bits per heavy atom. The third kappa shape index (κ3) is 4.16. The Bertz CT molecular complexity index is 248. The van der Waals surface area contributed by atoms with Crippen molar-refractivity contribution < 1.29 is 13.2 Å². The highest BCUT2D eigenvalue weighted by molar-refractivity contribution is 4.85. The van der Waals surface area contributed by atoms with Crippen LogP contribution in [0.4, 0.5) is 13.2 Å². The molecule has 0 radical (unpaired) electrons. The summed E-state index contributed by atoms with van der Waals surface area (Å²) in [6, 6.07) is 0.448. The molecule has 0 amide bonds. The summed E-state index contributed by atoms with van der Waals surface area (Å²) in [6.07, 6.45) is 1.95. The minimum Gasteiger partial charge on any atom is -0.311 e. The number of nitrogens with one attached hydrogen (secondary N) is 1. The van der Waals surface area contributed by atoms with Gasteiger partial charge in [0, 0.05) is 12.1 Å². The van der Waals surface area contributed by atoms with Crippen molar-refractivity contribution in [2.45, 2.75) is 70.1 Å². The van der Waals surface area contributed by atoms with Crippen LogP contribution in [0.15, 0.2) is 0 Å². The van der Waals surface area contributed by atoms with Gasteiger partial charge < -0.3 is 5.32 Å². The molecule has 2 aliphatic rings. The highest BCUT2D eigenvalue weighted by Crippen LogP contribution is 2.38. The first kappa shape index (κ1) is 13.2. The third-order valence-corrected chi connectivity index (χ3v) is 4.04. The van der Waals surface area contributed by atoms with E-state index in [9.17, 15) is 13.2 Å². The van der Waals surface area contributed by atoms with Crippen LogP contribution >= 0.6 is 0 Å². The van der Waals surface area contributed by atoms with Gasteiger partial charge in [0.15, 0.2) is 0 Å². The van der Waals surface area contributed by atoms with Crippen LogP contribution in [0, 0.1) is 11.8 Å². The van der Waals surface area contributed by atoms with Gasteiger partial charge in [-0.1, -0.05) is 19.3 Å². The van der Waals surface area contributed by atoms with E-state index in [1.807, 2.05) is 0 Å². The zero-order valence-electron chi connectivity index (χ0n) is 10.4. The van der Waals surface area contributed by atoms with Gasteiger partial charge in [-0.2, -0.15) is 13.2 Å². The second-order valence-corrected chi connectivity index (χ2v) is 5.85. The van der Waals surface area contributed by atoms with E-state index >= 15 is 0 Å². The summed E-state index contributed by atoms with van der Waals surface area (Å²) < 4.78 is 37.9. The van der Waals surface area contributed by atoms with Gasteiger partial charge in [-0.05, 0) is 38.5 Å². The standard InChI is InChI=1S/C13H22F3N/c1-9(7-10-5-6-10)17-12-4-2-3-11(8-12)13(14,15)16/h9-12,17H,2-8H2,1H3. The lowest BCUT2D eigenvalue weighted by Gasteiger charge is -2.33. The van der Waals surface area contributed by atoms with E-state index in [0.29, 0.717) is 18.9 Å². The van der Waals surface area contributed by atoms with Crippen molar-refractivity contribution in [2.75, 3.05) is 0 Å². The summed E-state index contributed by atoms with van der Waals surface area (Å²) in [7, 11) is 0. The van der Waals surface area contributed by atoms with Crippen LogP contribution in [0.2, 0.25) is 0 Å². The van der Waals surface area contributed by atoms with Gasteiger partial charge in [0.05, 0.1) is 5.92 Å². The van der Waals surface area contributed by atoms with Crippen LogP contribution in [0.5, 0.6) is 0 Å². The fourth-order valence-electron chi connectivity index (χ4n) is 2.96. The van der Waals surface area contributed by atoms with Gasteiger partial charge in [-0.25, -0.2) is 0 Å². The molecule has 1 N–H and O–H groups in total. The van der Waals surface area contributed by atoms with E-state index in [1.165, 1.54) is 12.8 Å². The van der Waals surface area contributed by atoms with Gasteiger partial charge in [-0.15, -0.1) is 0 Å². The van der Waals surface area contributed by atoms with Crippen LogP contribution < -0.4 is 5.32 Å². The van der Waals surface area contributed by atoms with E-state index in [1.54, 1.807) is 0 Å². The molecule has 0 aromatic heterocycles. The minimum absolute atomic E-state index is 0.0733. The van der Waals surface area contributed by atoms with Crippen LogP contribution in [0.3, 0.4) is 0 Å². The van der Waals surface area contributed by atoms with Crippen molar-refractivity contribution in [3.8, 4) is 0 Å². The normalized spacial score (nSPS) is 32.5. The van der Waals surface area contributed by atoms with Crippen molar-refractivity contribution in [2.24, 2.45) is 11.8 Å². The van der Waals surface area contributed by atoms with E-state index in [2.05, 4.69) is 12.2 Å². The molecule has 100 valence electrons. The van der Waals surface area contributed by atoms with Crippen LogP contribution in [0.1, 0.15) is 51.9 Å². The first-order valence-corrected chi connectivity index (χ1v) is 6.78. The molecule has 0 spiro atoms. The van der Waals surface area contributed by atoms with Gasteiger partial charge >= 0.3 is 6.18 Å². The molecule has 17 heavy (non-hydrogen) atoms. The fourth-order valence-corrected chi connectivity index (χ4v) is 2.96. The topological polar surface area (TPSA) is 12.0 Å². The Kier molecular flexibility index (Phi) is 4.01. The lowest BCUT2D eigenvalue weighted by Crippen LogP contribution is -2.42. The fraction of sp³-hybridized carbons (Fsp3) is 1.00. The molecule has 2 aliphatic carbocycles. The SMILES string of the molecule is CC(CC1CC1)NC1CCCC(C(F)(F)F)C1. The Morgan fingerprint density at radius 2 is 1.88 bits per heavy atom. The largest absolute Gasteiger partial charge is 0.391 e. The molecular formula is C13H22F3N. The molecule has 0 heterocycles. The molecule has 2 fully saturated rings. The van der Waals surface area contributed by atoms with E-state index in [-0.39, 0.29) is 12.5 Å². The van der Waals surface area contributed by atoms with Gasteiger partial charge in [0.2, 0.25) is 0 Å². The quantitative estimate of drug-likeness (QED) is 0.797. The summed E-state index contributed by atoms with van der Waals surface area (Å²) in [5.41, 5.74) is 0. The highest BCUT2D eigenvalue weighted by Gasteiger charge is 2.42. The Hall–Kier alpha value is -0.250. The average molecular weight is 249 g/mol. The van der Waals surface area contributed by atoms with Crippen LogP contribution in [-0.2, 0) is 0 Å². The van der Waals surface area contributed by atoms with Gasteiger partial charge in [0.25, 0.3) is 0 Å². The molecule has 0 aromatic carbocycles. The molecule has 3 atom stereocenters. The predicted octanol–water partition coefficient (Wildman–Crippen LogP) is 3.89. The number of halogens is 3. The zero-order chi connectivity index (χ0) is 12.5. The molecule has 0 bridgehead atoms. The molecule has 1 nitrogen and oxygen atoms in total. The lowest BCUT2D eigenvalue weighted by molar-refractivity contribution is -0.183. The summed E-state index contributed by atoms with van der Waals surface area (Å²) in [5.74, 6) is -0.249. The Labute approximate surface area is 101 Å². The van der Waals surface area contributed by atoms with Crippen molar-refractivity contribution >= 4 is 0 Å². The second kappa shape index (κ2) is 5.17. The molecule has 0 saturated heterocycles. The summed E-state index contributed by atoms with van der Waals surface area (Å²) in [6.45, 7) is 2.11. The van der Waals surface area contributed by atoms with Crippen molar-refractivity contribution in [1.29, 1.82) is 0 Å².